The molecule has 0 aromatic rings. The summed E-state index contributed by atoms with van der Waals surface area (Å²) in [6.45, 7) is 0.113. The molecule has 2 N–H and O–H groups in total. The van der Waals surface area contributed by atoms with E-state index in [4.69, 9.17) is 5.73 Å². The van der Waals surface area contributed by atoms with E-state index in [0.717, 1.165) is 24.6 Å². The predicted octanol–water partition coefficient (Wildman–Crippen LogP) is 3.19. The number of alkyl halides is 3. The van der Waals surface area contributed by atoms with E-state index >= 15 is 0 Å². The predicted molar refractivity (Wildman–Crippen MR) is 57.9 cm³/mol. The quantitative estimate of drug-likeness (QED) is 0.800. The summed E-state index contributed by atoms with van der Waals surface area (Å²) in [6, 6.07) is 0. The lowest BCUT2D eigenvalue weighted by Gasteiger charge is -2.20. The van der Waals surface area contributed by atoms with E-state index in [1.807, 2.05) is 0 Å². The molecular weight excluding hydrogens is 223 g/mol. The third-order valence-electron chi connectivity index (χ3n) is 2.80. The zero-order chi connectivity index (χ0) is 11.3. The number of hydrogen-bond donors (Lipinski definition) is 1. The van der Waals surface area contributed by atoms with Crippen LogP contribution in [0.4, 0.5) is 13.2 Å². The van der Waals surface area contributed by atoms with Gasteiger partial charge in [-0.3, -0.25) is 0 Å². The highest BCUT2D eigenvalue weighted by Crippen LogP contribution is 2.36. The minimum absolute atomic E-state index is 0.0425. The summed E-state index contributed by atoms with van der Waals surface area (Å²) in [4.78, 5) is 0. The third-order valence-corrected chi connectivity index (χ3v) is 4.37. The standard InChI is InChI=1S/C10H18F3NS/c11-10(12,13)9(5-6-14)15-7-8-3-1-2-4-8/h8-9H,1-7,14H2. The summed E-state index contributed by atoms with van der Waals surface area (Å²) in [6.07, 6.45) is 0.502. The molecule has 0 bridgehead atoms. The number of rotatable bonds is 5. The number of hydrogen-bond acceptors (Lipinski definition) is 2. The summed E-state index contributed by atoms with van der Waals surface area (Å²) >= 11 is 1.05. The smallest absolute Gasteiger partial charge is 0.330 e. The van der Waals surface area contributed by atoms with Crippen LogP contribution in [0.15, 0.2) is 0 Å². The maximum Gasteiger partial charge on any atom is 0.400 e. The van der Waals surface area contributed by atoms with Crippen LogP contribution in [0.1, 0.15) is 32.1 Å². The van der Waals surface area contributed by atoms with Crippen molar-refractivity contribution in [2.24, 2.45) is 11.7 Å². The van der Waals surface area contributed by atoms with Gasteiger partial charge in [0, 0.05) is 0 Å². The molecule has 1 atom stereocenters. The van der Waals surface area contributed by atoms with Gasteiger partial charge in [-0.05, 0) is 37.5 Å². The number of nitrogens with two attached hydrogens (primary N) is 1. The fraction of sp³-hybridized carbons (Fsp3) is 1.00. The SMILES string of the molecule is NCCC(SCC1CCCC1)C(F)(F)F. The van der Waals surface area contributed by atoms with Crippen molar-refractivity contribution in [3.05, 3.63) is 0 Å². The number of thioether (sulfide) groups is 1. The van der Waals surface area contributed by atoms with Gasteiger partial charge >= 0.3 is 6.18 Å². The van der Waals surface area contributed by atoms with Gasteiger partial charge in [-0.2, -0.15) is 13.2 Å². The molecule has 5 heteroatoms. The van der Waals surface area contributed by atoms with Crippen LogP contribution in [-0.4, -0.2) is 23.7 Å². The van der Waals surface area contributed by atoms with Gasteiger partial charge in [0.25, 0.3) is 0 Å². The Bertz CT molecular complexity index is 178. The van der Waals surface area contributed by atoms with Crippen molar-refractivity contribution in [2.45, 2.75) is 43.5 Å². The summed E-state index contributed by atoms with van der Waals surface area (Å²) < 4.78 is 37.5. The Morgan fingerprint density at radius 1 is 1.27 bits per heavy atom. The molecule has 1 aliphatic carbocycles. The maximum atomic E-state index is 12.5. The van der Waals surface area contributed by atoms with E-state index in [9.17, 15) is 13.2 Å². The average Bonchev–Trinajstić information content (AvgIpc) is 2.62. The van der Waals surface area contributed by atoms with Crippen LogP contribution in [0.3, 0.4) is 0 Å². The molecule has 15 heavy (non-hydrogen) atoms. The van der Waals surface area contributed by atoms with Crippen LogP contribution in [-0.2, 0) is 0 Å². The fourth-order valence-electron chi connectivity index (χ4n) is 1.92. The molecule has 0 spiro atoms. The third kappa shape index (κ3) is 4.64. The molecule has 0 amide bonds. The average molecular weight is 241 g/mol. The zero-order valence-corrected chi connectivity index (χ0v) is 9.54. The Kier molecular flexibility index (Phi) is 5.26. The van der Waals surface area contributed by atoms with Crippen molar-refractivity contribution >= 4 is 11.8 Å². The largest absolute Gasteiger partial charge is 0.400 e. The molecule has 1 saturated carbocycles. The summed E-state index contributed by atoms with van der Waals surface area (Å²) in [5.41, 5.74) is 5.20. The van der Waals surface area contributed by atoms with E-state index in [-0.39, 0.29) is 13.0 Å². The first-order chi connectivity index (χ1) is 7.04. The van der Waals surface area contributed by atoms with E-state index in [1.165, 1.54) is 12.8 Å². The number of halogens is 3. The fourth-order valence-corrected chi connectivity index (χ4v) is 3.25. The van der Waals surface area contributed by atoms with Gasteiger partial charge in [0.1, 0.15) is 5.25 Å². The van der Waals surface area contributed by atoms with Crippen LogP contribution in [0.5, 0.6) is 0 Å². The highest BCUT2D eigenvalue weighted by atomic mass is 32.2. The Morgan fingerprint density at radius 2 is 1.87 bits per heavy atom. The molecule has 1 aliphatic rings. The van der Waals surface area contributed by atoms with Gasteiger partial charge in [0.05, 0.1) is 0 Å². The van der Waals surface area contributed by atoms with E-state index in [1.54, 1.807) is 0 Å². The molecule has 1 unspecified atom stereocenters. The molecule has 1 rings (SSSR count). The summed E-state index contributed by atoms with van der Waals surface area (Å²) in [5.74, 6) is 1.14. The monoisotopic (exact) mass is 241 g/mol. The van der Waals surface area contributed by atoms with E-state index in [2.05, 4.69) is 0 Å². The lowest BCUT2D eigenvalue weighted by atomic mass is 10.1. The Balaban J connectivity index is 2.30. The first kappa shape index (κ1) is 13.2. The topological polar surface area (TPSA) is 26.0 Å². The van der Waals surface area contributed by atoms with Crippen molar-refractivity contribution in [1.29, 1.82) is 0 Å². The van der Waals surface area contributed by atoms with Crippen LogP contribution in [0, 0.1) is 5.92 Å². The van der Waals surface area contributed by atoms with Crippen LogP contribution >= 0.6 is 11.8 Å². The molecular formula is C10H18F3NS. The molecule has 0 radical (unpaired) electrons. The maximum absolute atomic E-state index is 12.5. The lowest BCUT2D eigenvalue weighted by molar-refractivity contribution is -0.129. The first-order valence-electron chi connectivity index (χ1n) is 5.42. The molecule has 90 valence electrons. The van der Waals surface area contributed by atoms with Crippen LogP contribution in [0.2, 0.25) is 0 Å². The Labute approximate surface area is 93.0 Å². The molecule has 0 heterocycles. The van der Waals surface area contributed by atoms with Gasteiger partial charge in [-0.1, -0.05) is 12.8 Å². The van der Waals surface area contributed by atoms with Crippen molar-refractivity contribution < 1.29 is 13.2 Å². The van der Waals surface area contributed by atoms with Crippen LogP contribution < -0.4 is 5.73 Å². The van der Waals surface area contributed by atoms with Gasteiger partial charge < -0.3 is 5.73 Å². The lowest BCUT2D eigenvalue weighted by Crippen LogP contribution is -2.29. The highest BCUT2D eigenvalue weighted by Gasteiger charge is 2.39. The van der Waals surface area contributed by atoms with Crippen LogP contribution in [0.25, 0.3) is 0 Å². The van der Waals surface area contributed by atoms with Crippen molar-refractivity contribution in [3.8, 4) is 0 Å². The molecule has 0 aromatic carbocycles. The second-order valence-electron chi connectivity index (χ2n) is 4.09. The van der Waals surface area contributed by atoms with Crippen molar-refractivity contribution in [3.63, 3.8) is 0 Å². The zero-order valence-electron chi connectivity index (χ0n) is 8.72. The molecule has 0 aromatic heterocycles. The second kappa shape index (κ2) is 5.99. The minimum Gasteiger partial charge on any atom is -0.330 e. The first-order valence-corrected chi connectivity index (χ1v) is 6.47. The van der Waals surface area contributed by atoms with Crippen molar-refractivity contribution in [1.82, 2.24) is 0 Å². The van der Waals surface area contributed by atoms with Gasteiger partial charge in [-0.25, -0.2) is 0 Å². The van der Waals surface area contributed by atoms with E-state index < -0.39 is 11.4 Å². The second-order valence-corrected chi connectivity index (χ2v) is 5.33. The molecule has 0 saturated heterocycles. The molecule has 1 fully saturated rings. The van der Waals surface area contributed by atoms with Crippen molar-refractivity contribution in [2.75, 3.05) is 12.3 Å². The van der Waals surface area contributed by atoms with Gasteiger partial charge in [0.15, 0.2) is 0 Å². The molecule has 1 nitrogen and oxygen atoms in total. The summed E-state index contributed by atoms with van der Waals surface area (Å²) in [5, 5.41) is -1.26. The molecule has 0 aliphatic heterocycles. The highest BCUT2D eigenvalue weighted by molar-refractivity contribution is 8.00. The normalized spacial score (nSPS) is 20.8. The summed E-state index contributed by atoms with van der Waals surface area (Å²) in [7, 11) is 0. The Morgan fingerprint density at radius 3 is 2.33 bits per heavy atom. The van der Waals surface area contributed by atoms with E-state index in [0.29, 0.717) is 11.7 Å². The Hall–Kier alpha value is 0.100. The minimum atomic E-state index is -4.09. The van der Waals surface area contributed by atoms with Gasteiger partial charge in [-0.15, -0.1) is 11.8 Å². The van der Waals surface area contributed by atoms with Gasteiger partial charge in [0.2, 0.25) is 0 Å².